The molecule has 3 nitrogen and oxygen atoms in total. The number of hydrogen-bond acceptors (Lipinski definition) is 3. The van der Waals surface area contributed by atoms with Crippen LogP contribution in [0.2, 0.25) is 0 Å². The van der Waals surface area contributed by atoms with E-state index in [0.29, 0.717) is 19.3 Å². The summed E-state index contributed by atoms with van der Waals surface area (Å²) in [6.45, 7) is 8.50. The Labute approximate surface area is 128 Å². The fourth-order valence-electron chi connectivity index (χ4n) is 3.54. The predicted octanol–water partition coefficient (Wildman–Crippen LogP) is 2.94. The highest BCUT2D eigenvalue weighted by Gasteiger charge is 2.55. The maximum Gasteiger partial charge on any atom is 0.0781 e. The van der Waals surface area contributed by atoms with Crippen LogP contribution in [-0.2, 0) is 0 Å². The normalized spacial score (nSPS) is 36.9. The second kappa shape index (κ2) is 6.51. The van der Waals surface area contributed by atoms with E-state index in [4.69, 9.17) is 11.6 Å². The van der Waals surface area contributed by atoms with Crippen molar-refractivity contribution in [2.45, 2.75) is 70.8 Å². The maximum atomic E-state index is 10.0. The minimum Gasteiger partial charge on any atom is -0.396 e. The van der Waals surface area contributed by atoms with Crippen molar-refractivity contribution in [3.63, 3.8) is 0 Å². The van der Waals surface area contributed by atoms with E-state index in [2.05, 4.69) is 27.7 Å². The molecule has 1 saturated carbocycles. The SMILES string of the molecule is CC(CCC(C)(C)C)[C@@]1(CO)CC[C@H](O)C[C@]1(Cl)CO. The molecule has 0 amide bonds. The Morgan fingerprint density at radius 1 is 1.25 bits per heavy atom. The van der Waals surface area contributed by atoms with Gasteiger partial charge in [0.1, 0.15) is 0 Å². The molecule has 0 spiro atoms. The number of aliphatic hydroxyl groups is 3. The molecule has 120 valence electrons. The molecule has 0 aromatic heterocycles. The highest BCUT2D eigenvalue weighted by atomic mass is 35.5. The zero-order valence-corrected chi connectivity index (χ0v) is 14.1. The first-order valence-electron chi connectivity index (χ1n) is 7.69. The van der Waals surface area contributed by atoms with Crippen molar-refractivity contribution < 1.29 is 15.3 Å². The van der Waals surface area contributed by atoms with Gasteiger partial charge in [-0.1, -0.05) is 27.7 Å². The number of halogens is 1. The number of rotatable bonds is 5. The minimum absolute atomic E-state index is 0.0326. The van der Waals surface area contributed by atoms with Gasteiger partial charge >= 0.3 is 0 Å². The van der Waals surface area contributed by atoms with Crippen LogP contribution in [0.5, 0.6) is 0 Å². The first-order chi connectivity index (χ1) is 9.10. The van der Waals surface area contributed by atoms with Gasteiger partial charge in [0.2, 0.25) is 0 Å². The van der Waals surface area contributed by atoms with Gasteiger partial charge in [-0.05, 0) is 43.4 Å². The number of aliphatic hydroxyl groups excluding tert-OH is 3. The van der Waals surface area contributed by atoms with Crippen LogP contribution in [0.3, 0.4) is 0 Å². The van der Waals surface area contributed by atoms with Crippen molar-refractivity contribution >= 4 is 11.6 Å². The summed E-state index contributed by atoms with van der Waals surface area (Å²) >= 11 is 6.65. The van der Waals surface area contributed by atoms with Gasteiger partial charge in [-0.2, -0.15) is 0 Å². The molecule has 1 aliphatic carbocycles. The van der Waals surface area contributed by atoms with E-state index >= 15 is 0 Å². The van der Waals surface area contributed by atoms with Gasteiger partial charge in [0.15, 0.2) is 0 Å². The minimum atomic E-state index is -0.920. The highest BCUT2D eigenvalue weighted by molar-refractivity contribution is 6.24. The van der Waals surface area contributed by atoms with Crippen LogP contribution in [0, 0.1) is 16.7 Å². The zero-order valence-electron chi connectivity index (χ0n) is 13.3. The van der Waals surface area contributed by atoms with E-state index < -0.39 is 16.4 Å². The lowest BCUT2D eigenvalue weighted by Crippen LogP contribution is -2.57. The Morgan fingerprint density at radius 3 is 2.30 bits per heavy atom. The van der Waals surface area contributed by atoms with Crippen molar-refractivity contribution in [2.24, 2.45) is 16.7 Å². The third kappa shape index (κ3) is 3.68. The molecule has 0 aliphatic heterocycles. The smallest absolute Gasteiger partial charge is 0.0781 e. The lowest BCUT2D eigenvalue weighted by molar-refractivity contribution is -0.0668. The third-order valence-corrected chi connectivity index (χ3v) is 5.83. The molecule has 0 aromatic rings. The molecule has 1 fully saturated rings. The lowest BCUT2D eigenvalue weighted by Gasteiger charge is -2.53. The second-order valence-electron chi connectivity index (χ2n) is 7.83. The van der Waals surface area contributed by atoms with E-state index in [1.807, 2.05) is 0 Å². The summed E-state index contributed by atoms with van der Waals surface area (Å²) in [7, 11) is 0. The molecule has 1 unspecified atom stereocenters. The van der Waals surface area contributed by atoms with Gasteiger partial charge in [-0.25, -0.2) is 0 Å². The van der Waals surface area contributed by atoms with Crippen LogP contribution in [0.15, 0.2) is 0 Å². The molecule has 1 aliphatic rings. The molecule has 4 atom stereocenters. The van der Waals surface area contributed by atoms with Crippen LogP contribution in [0.25, 0.3) is 0 Å². The monoisotopic (exact) mass is 306 g/mol. The Balaban J connectivity index is 2.93. The largest absolute Gasteiger partial charge is 0.396 e. The molecule has 1 rings (SSSR count). The van der Waals surface area contributed by atoms with Crippen molar-refractivity contribution in [1.29, 1.82) is 0 Å². The lowest BCUT2D eigenvalue weighted by atomic mass is 9.58. The van der Waals surface area contributed by atoms with Crippen molar-refractivity contribution in [2.75, 3.05) is 13.2 Å². The summed E-state index contributed by atoms with van der Waals surface area (Å²) in [4.78, 5) is -0.920. The van der Waals surface area contributed by atoms with Crippen LogP contribution < -0.4 is 0 Å². The number of alkyl halides is 1. The van der Waals surface area contributed by atoms with Gasteiger partial charge in [0.05, 0.1) is 24.2 Å². The fraction of sp³-hybridized carbons (Fsp3) is 1.00. The summed E-state index contributed by atoms with van der Waals surface area (Å²) in [6.07, 6.45) is 3.21. The maximum absolute atomic E-state index is 10.0. The summed E-state index contributed by atoms with van der Waals surface area (Å²) in [5, 5.41) is 29.6. The molecule has 0 radical (unpaired) electrons. The average molecular weight is 307 g/mol. The quantitative estimate of drug-likeness (QED) is 0.684. The number of hydrogen-bond donors (Lipinski definition) is 3. The average Bonchev–Trinajstić information content (AvgIpc) is 2.36. The molecule has 3 N–H and O–H groups in total. The molecule has 20 heavy (non-hydrogen) atoms. The Hall–Kier alpha value is 0.170. The summed E-state index contributed by atoms with van der Waals surface area (Å²) in [6, 6.07) is 0. The first kappa shape index (κ1) is 18.2. The van der Waals surface area contributed by atoms with Gasteiger partial charge < -0.3 is 15.3 Å². The van der Waals surface area contributed by atoms with Crippen LogP contribution in [0.4, 0.5) is 0 Å². The van der Waals surface area contributed by atoms with E-state index in [9.17, 15) is 15.3 Å². The van der Waals surface area contributed by atoms with E-state index in [-0.39, 0.29) is 24.5 Å². The van der Waals surface area contributed by atoms with Gasteiger partial charge in [0.25, 0.3) is 0 Å². The summed E-state index contributed by atoms with van der Waals surface area (Å²) in [5.41, 5.74) is -0.263. The molecule has 0 heterocycles. The molecular formula is C16H31ClO3. The summed E-state index contributed by atoms with van der Waals surface area (Å²) < 4.78 is 0. The van der Waals surface area contributed by atoms with Crippen molar-refractivity contribution in [3.05, 3.63) is 0 Å². The van der Waals surface area contributed by atoms with Crippen LogP contribution in [0.1, 0.15) is 59.8 Å². The van der Waals surface area contributed by atoms with Crippen molar-refractivity contribution in [3.8, 4) is 0 Å². The predicted molar refractivity (Wildman–Crippen MR) is 82.9 cm³/mol. The molecule has 0 saturated heterocycles. The van der Waals surface area contributed by atoms with E-state index in [1.54, 1.807) is 0 Å². The molecule has 0 bridgehead atoms. The second-order valence-corrected chi connectivity index (χ2v) is 8.56. The Bertz CT molecular complexity index is 315. The summed E-state index contributed by atoms with van der Waals surface area (Å²) in [5.74, 6) is 0.212. The zero-order chi connectivity index (χ0) is 15.6. The topological polar surface area (TPSA) is 60.7 Å². The molecule has 0 aromatic carbocycles. The van der Waals surface area contributed by atoms with Crippen LogP contribution >= 0.6 is 11.6 Å². The molecular weight excluding hydrogens is 276 g/mol. The van der Waals surface area contributed by atoms with E-state index in [0.717, 1.165) is 12.8 Å². The fourth-order valence-corrected chi connectivity index (χ4v) is 4.06. The van der Waals surface area contributed by atoms with Crippen LogP contribution in [-0.4, -0.2) is 39.5 Å². The highest BCUT2D eigenvalue weighted by Crippen LogP contribution is 2.54. The Kier molecular flexibility index (Phi) is 5.93. The molecule has 4 heteroatoms. The third-order valence-electron chi connectivity index (χ3n) is 5.18. The van der Waals surface area contributed by atoms with E-state index in [1.165, 1.54) is 0 Å². The van der Waals surface area contributed by atoms with Crippen molar-refractivity contribution in [1.82, 2.24) is 0 Å². The first-order valence-corrected chi connectivity index (χ1v) is 8.07. The van der Waals surface area contributed by atoms with Gasteiger partial charge in [0, 0.05) is 5.41 Å². The Morgan fingerprint density at radius 2 is 1.85 bits per heavy atom. The van der Waals surface area contributed by atoms with Gasteiger partial charge in [-0.15, -0.1) is 11.6 Å². The van der Waals surface area contributed by atoms with Gasteiger partial charge in [-0.3, -0.25) is 0 Å². The standard InChI is InChI=1S/C16H31ClO3/c1-12(5-7-14(2,3)4)15(10-18)8-6-13(20)9-16(15,17)11-19/h12-13,18-20H,5-11H2,1-4H3/t12?,13-,15-,16-/m0/s1.